The van der Waals surface area contributed by atoms with Gasteiger partial charge in [-0.1, -0.05) is 23.4 Å². The van der Waals surface area contributed by atoms with Gasteiger partial charge in [0.25, 0.3) is 5.24 Å². The summed E-state index contributed by atoms with van der Waals surface area (Å²) in [6.07, 6.45) is 0. The van der Waals surface area contributed by atoms with E-state index in [0.717, 1.165) is 11.8 Å². The molecule has 1 saturated heterocycles. The molecule has 1 atom stereocenters. The van der Waals surface area contributed by atoms with Gasteiger partial charge in [-0.25, -0.2) is 4.79 Å². The van der Waals surface area contributed by atoms with Crippen molar-refractivity contribution in [3.05, 3.63) is 28.8 Å². The zero-order valence-electron chi connectivity index (χ0n) is 9.47. The van der Waals surface area contributed by atoms with Crippen molar-refractivity contribution in [1.29, 1.82) is 0 Å². The second-order valence-corrected chi connectivity index (χ2v) is 5.21. The average molecular weight is 301 g/mol. The van der Waals surface area contributed by atoms with Crippen LogP contribution in [0.1, 0.15) is 10.4 Å². The first-order chi connectivity index (χ1) is 8.97. The third-order valence-corrected chi connectivity index (χ3v) is 3.57. The van der Waals surface area contributed by atoms with E-state index in [2.05, 4.69) is 10.6 Å². The highest BCUT2D eigenvalue weighted by atomic mass is 35.5. The molecule has 1 aromatic carbocycles. The van der Waals surface area contributed by atoms with Gasteiger partial charge >= 0.3 is 5.97 Å². The number of carboxylic acid groups (broad SMARTS) is 1. The zero-order chi connectivity index (χ0) is 14.0. The summed E-state index contributed by atoms with van der Waals surface area (Å²) >= 11 is 6.77. The number of hydrogen-bond acceptors (Lipinski definition) is 4. The van der Waals surface area contributed by atoms with Crippen LogP contribution in [0.5, 0.6) is 0 Å². The molecule has 1 heterocycles. The van der Waals surface area contributed by atoms with Crippen molar-refractivity contribution < 1.29 is 19.5 Å². The van der Waals surface area contributed by atoms with Gasteiger partial charge in [0.05, 0.1) is 11.3 Å². The number of anilines is 1. The average Bonchev–Trinajstić information content (AvgIpc) is 2.75. The number of halogens is 1. The maximum atomic E-state index is 11.9. The van der Waals surface area contributed by atoms with Crippen LogP contribution in [0.4, 0.5) is 10.5 Å². The van der Waals surface area contributed by atoms with E-state index < -0.39 is 17.9 Å². The first kappa shape index (κ1) is 13.7. The van der Waals surface area contributed by atoms with Crippen LogP contribution in [0.3, 0.4) is 0 Å². The van der Waals surface area contributed by atoms with Crippen molar-refractivity contribution >= 4 is 46.2 Å². The summed E-state index contributed by atoms with van der Waals surface area (Å²) in [4.78, 5) is 33.9. The first-order valence-electron chi connectivity index (χ1n) is 5.24. The first-order valence-corrected chi connectivity index (χ1v) is 6.60. The van der Waals surface area contributed by atoms with E-state index >= 15 is 0 Å². The van der Waals surface area contributed by atoms with E-state index in [0.29, 0.717) is 10.8 Å². The molecule has 1 aliphatic heterocycles. The lowest BCUT2D eigenvalue weighted by molar-refractivity contribution is -0.117. The summed E-state index contributed by atoms with van der Waals surface area (Å²) < 4.78 is 0. The van der Waals surface area contributed by atoms with Gasteiger partial charge in [0, 0.05) is 10.8 Å². The van der Waals surface area contributed by atoms with Gasteiger partial charge in [0.15, 0.2) is 0 Å². The second kappa shape index (κ2) is 5.50. The van der Waals surface area contributed by atoms with E-state index in [1.807, 2.05) is 0 Å². The van der Waals surface area contributed by atoms with Crippen LogP contribution < -0.4 is 10.6 Å². The van der Waals surface area contributed by atoms with Crippen molar-refractivity contribution in [2.75, 3.05) is 11.1 Å². The van der Waals surface area contributed by atoms with E-state index in [4.69, 9.17) is 16.7 Å². The zero-order valence-corrected chi connectivity index (χ0v) is 11.0. The Morgan fingerprint density at radius 1 is 1.47 bits per heavy atom. The van der Waals surface area contributed by atoms with Crippen molar-refractivity contribution in [2.24, 2.45) is 0 Å². The Kier molecular flexibility index (Phi) is 3.96. The second-order valence-electron chi connectivity index (χ2n) is 3.78. The number of thioether (sulfide) groups is 1. The molecule has 1 fully saturated rings. The van der Waals surface area contributed by atoms with Crippen molar-refractivity contribution in [2.45, 2.75) is 6.04 Å². The van der Waals surface area contributed by atoms with E-state index in [1.54, 1.807) is 0 Å². The Hall–Kier alpha value is -1.73. The number of benzene rings is 1. The Bertz CT molecular complexity index is 564. The molecule has 2 amide bonds. The van der Waals surface area contributed by atoms with Gasteiger partial charge in [-0.3, -0.25) is 9.59 Å². The summed E-state index contributed by atoms with van der Waals surface area (Å²) in [6.45, 7) is 0. The maximum Gasteiger partial charge on any atom is 0.337 e. The highest BCUT2D eigenvalue weighted by molar-refractivity contribution is 8.14. The highest BCUT2D eigenvalue weighted by Crippen LogP contribution is 2.22. The number of aromatic carboxylic acids is 1. The Labute approximate surface area is 117 Å². The van der Waals surface area contributed by atoms with Gasteiger partial charge in [-0.05, 0) is 18.2 Å². The molecule has 8 heteroatoms. The number of nitrogens with one attached hydrogen (secondary N) is 2. The topological polar surface area (TPSA) is 95.5 Å². The predicted molar refractivity (Wildman–Crippen MR) is 71.8 cm³/mol. The largest absolute Gasteiger partial charge is 0.478 e. The standard InChI is InChI=1S/C11H9ClN2O4S/c12-5-1-2-6(10(16)17)7(3-5)13-9(15)8-4-19-11(18)14-8/h1-3,8H,4H2,(H,13,15)(H,14,18)(H,16,17). The summed E-state index contributed by atoms with van der Waals surface area (Å²) in [5.41, 5.74) is 0.0471. The molecule has 0 radical (unpaired) electrons. The monoisotopic (exact) mass is 300 g/mol. The molecule has 1 aliphatic rings. The van der Waals surface area contributed by atoms with Crippen LogP contribution in [0.25, 0.3) is 0 Å². The molecule has 0 aliphatic carbocycles. The van der Waals surface area contributed by atoms with Crippen molar-refractivity contribution in [3.63, 3.8) is 0 Å². The SMILES string of the molecule is O=C1NC(C(=O)Nc2cc(Cl)ccc2C(=O)O)CS1. The normalized spacial score (nSPS) is 17.9. The van der Waals surface area contributed by atoms with Crippen molar-refractivity contribution in [1.82, 2.24) is 5.32 Å². The van der Waals surface area contributed by atoms with E-state index in [9.17, 15) is 14.4 Å². The molecule has 3 N–H and O–H groups in total. The van der Waals surface area contributed by atoms with Gasteiger partial charge in [0.1, 0.15) is 6.04 Å². The molecule has 19 heavy (non-hydrogen) atoms. The van der Waals surface area contributed by atoms with Crippen LogP contribution in [-0.4, -0.2) is 34.0 Å². The molecule has 1 aromatic rings. The number of carboxylic acids is 1. The minimum absolute atomic E-state index is 0.0604. The Balaban J connectivity index is 2.18. The highest BCUT2D eigenvalue weighted by Gasteiger charge is 2.28. The van der Waals surface area contributed by atoms with Gasteiger partial charge in [0.2, 0.25) is 5.91 Å². The molecule has 0 saturated carbocycles. The number of amides is 2. The third-order valence-electron chi connectivity index (χ3n) is 2.46. The molecule has 0 aromatic heterocycles. The quantitative estimate of drug-likeness (QED) is 0.791. The molecular formula is C11H9ClN2O4S. The summed E-state index contributed by atoms with van der Waals surface area (Å²) in [7, 11) is 0. The molecule has 100 valence electrons. The molecule has 1 unspecified atom stereocenters. The lowest BCUT2D eigenvalue weighted by atomic mass is 10.1. The Morgan fingerprint density at radius 3 is 2.79 bits per heavy atom. The van der Waals surface area contributed by atoms with Crippen LogP contribution in [-0.2, 0) is 4.79 Å². The lowest BCUT2D eigenvalue weighted by Crippen LogP contribution is -2.38. The summed E-state index contributed by atoms with van der Waals surface area (Å²) in [5, 5.41) is 14.0. The molecule has 0 spiro atoms. The summed E-state index contributed by atoms with van der Waals surface area (Å²) in [6, 6.07) is 3.42. The number of hydrogen-bond donors (Lipinski definition) is 3. The number of rotatable bonds is 3. The number of carbonyl (C=O) groups excluding carboxylic acids is 2. The number of carbonyl (C=O) groups is 3. The third kappa shape index (κ3) is 3.18. The van der Waals surface area contributed by atoms with E-state index in [-0.39, 0.29) is 16.5 Å². The van der Waals surface area contributed by atoms with Crippen LogP contribution >= 0.6 is 23.4 Å². The Morgan fingerprint density at radius 2 is 2.21 bits per heavy atom. The molecule has 0 bridgehead atoms. The molecule has 6 nitrogen and oxygen atoms in total. The predicted octanol–water partition coefficient (Wildman–Crippen LogP) is 1.80. The van der Waals surface area contributed by atoms with Gasteiger partial charge in [-0.2, -0.15) is 0 Å². The van der Waals surface area contributed by atoms with Crippen molar-refractivity contribution in [3.8, 4) is 0 Å². The maximum absolute atomic E-state index is 11.9. The molecular weight excluding hydrogens is 292 g/mol. The fourth-order valence-electron chi connectivity index (χ4n) is 1.55. The van der Waals surface area contributed by atoms with Crippen LogP contribution in [0.2, 0.25) is 5.02 Å². The van der Waals surface area contributed by atoms with Gasteiger partial charge < -0.3 is 15.7 Å². The fraction of sp³-hybridized carbons (Fsp3) is 0.182. The minimum atomic E-state index is -1.17. The lowest BCUT2D eigenvalue weighted by Gasteiger charge is -2.12. The fourth-order valence-corrected chi connectivity index (χ4v) is 2.50. The summed E-state index contributed by atoms with van der Waals surface area (Å²) in [5.74, 6) is -1.33. The smallest absolute Gasteiger partial charge is 0.337 e. The van der Waals surface area contributed by atoms with E-state index in [1.165, 1.54) is 18.2 Å². The molecule has 2 rings (SSSR count). The van der Waals surface area contributed by atoms with Crippen LogP contribution in [0.15, 0.2) is 18.2 Å². The van der Waals surface area contributed by atoms with Crippen LogP contribution in [0, 0.1) is 0 Å². The minimum Gasteiger partial charge on any atom is -0.478 e. The van der Waals surface area contributed by atoms with Gasteiger partial charge in [-0.15, -0.1) is 0 Å².